The summed E-state index contributed by atoms with van der Waals surface area (Å²) in [6.45, 7) is 13.8. The summed E-state index contributed by atoms with van der Waals surface area (Å²) in [7, 11) is 1.82. The molecule has 3 nitrogen and oxygen atoms in total. The fourth-order valence-electron chi connectivity index (χ4n) is 2.81. The molecule has 3 heteroatoms. The molecule has 1 aliphatic rings. The van der Waals surface area contributed by atoms with Crippen LogP contribution in [0.2, 0.25) is 0 Å². The van der Waals surface area contributed by atoms with Gasteiger partial charge in [-0.05, 0) is 50.2 Å². The van der Waals surface area contributed by atoms with E-state index < -0.39 is 0 Å². The smallest absolute Gasteiger partial charge is 0.0491 e. The lowest BCUT2D eigenvalue weighted by Gasteiger charge is -2.38. The summed E-state index contributed by atoms with van der Waals surface area (Å²) >= 11 is 0. The van der Waals surface area contributed by atoms with E-state index in [1.54, 1.807) is 0 Å². The molecule has 0 aromatic heterocycles. The Kier molecular flexibility index (Phi) is 7.20. The minimum atomic E-state index is 0.421. The largest absolute Gasteiger partial charge is 0.384 e. The second-order valence-corrected chi connectivity index (χ2v) is 6.12. The van der Waals surface area contributed by atoms with E-state index in [4.69, 9.17) is 4.74 Å². The van der Waals surface area contributed by atoms with Crippen molar-refractivity contribution in [2.45, 2.75) is 40.0 Å². The van der Waals surface area contributed by atoms with Gasteiger partial charge < -0.3 is 15.0 Å². The Morgan fingerprint density at radius 3 is 2.44 bits per heavy atom. The van der Waals surface area contributed by atoms with Crippen molar-refractivity contribution in [3.05, 3.63) is 0 Å². The Morgan fingerprint density at radius 2 is 1.94 bits per heavy atom. The number of hydrogen-bond acceptors (Lipinski definition) is 3. The maximum atomic E-state index is 5.26. The van der Waals surface area contributed by atoms with Gasteiger partial charge in [-0.2, -0.15) is 0 Å². The fraction of sp³-hybridized carbons (Fsp3) is 1.00. The Hall–Kier alpha value is -0.120. The molecule has 0 bridgehead atoms. The molecule has 1 saturated heterocycles. The molecule has 0 aromatic carbocycles. The Labute approximate surface area is 113 Å². The van der Waals surface area contributed by atoms with Gasteiger partial charge in [0, 0.05) is 26.8 Å². The van der Waals surface area contributed by atoms with Crippen LogP contribution in [0.1, 0.15) is 40.0 Å². The van der Waals surface area contributed by atoms with Crippen LogP contribution in [0.4, 0.5) is 0 Å². The van der Waals surface area contributed by atoms with Crippen molar-refractivity contribution < 1.29 is 4.74 Å². The first kappa shape index (κ1) is 15.9. The molecule has 1 heterocycles. The third kappa shape index (κ3) is 5.25. The number of methoxy groups -OCH3 is 1. The molecule has 1 aliphatic heterocycles. The quantitative estimate of drug-likeness (QED) is 0.721. The van der Waals surface area contributed by atoms with Gasteiger partial charge in [-0.3, -0.25) is 0 Å². The first-order valence-electron chi connectivity index (χ1n) is 7.55. The molecule has 1 fully saturated rings. The van der Waals surface area contributed by atoms with Gasteiger partial charge in [0.2, 0.25) is 0 Å². The SMILES string of the molecule is CCNCC(C)(CC)CN1CCC(COC)CC1. The summed E-state index contributed by atoms with van der Waals surface area (Å²) in [5.74, 6) is 0.785. The molecule has 18 heavy (non-hydrogen) atoms. The molecule has 108 valence electrons. The number of likely N-dealkylation sites (tertiary alicyclic amines) is 1. The molecule has 0 aliphatic carbocycles. The standard InChI is InChI=1S/C15H32N2O/c1-5-15(3,12-16-6-2)13-17-9-7-14(8-10-17)11-18-4/h14,16H,5-13H2,1-4H3. The Balaban J connectivity index is 2.33. The molecule has 1 atom stereocenters. The number of piperidine rings is 1. The van der Waals surface area contributed by atoms with E-state index in [1.165, 1.54) is 38.9 Å². The highest BCUT2D eigenvalue weighted by Crippen LogP contribution is 2.25. The van der Waals surface area contributed by atoms with Gasteiger partial charge >= 0.3 is 0 Å². The molecule has 0 spiro atoms. The predicted molar refractivity (Wildman–Crippen MR) is 78.0 cm³/mol. The van der Waals surface area contributed by atoms with E-state index in [0.29, 0.717) is 5.41 Å². The van der Waals surface area contributed by atoms with Crippen molar-refractivity contribution in [3.63, 3.8) is 0 Å². The first-order chi connectivity index (χ1) is 8.63. The highest BCUT2D eigenvalue weighted by Gasteiger charge is 2.27. The highest BCUT2D eigenvalue weighted by atomic mass is 16.5. The molecular formula is C15H32N2O. The van der Waals surface area contributed by atoms with Crippen LogP contribution in [-0.2, 0) is 4.74 Å². The molecule has 0 aromatic rings. The lowest BCUT2D eigenvalue weighted by atomic mass is 9.85. The zero-order valence-electron chi connectivity index (χ0n) is 12.8. The Bertz CT molecular complexity index is 215. The Morgan fingerprint density at radius 1 is 1.28 bits per heavy atom. The van der Waals surface area contributed by atoms with Gasteiger partial charge in [0.1, 0.15) is 0 Å². The van der Waals surface area contributed by atoms with Crippen molar-refractivity contribution in [1.82, 2.24) is 10.2 Å². The summed E-state index contributed by atoms with van der Waals surface area (Å²) in [6, 6.07) is 0. The summed E-state index contributed by atoms with van der Waals surface area (Å²) in [4.78, 5) is 2.65. The summed E-state index contributed by atoms with van der Waals surface area (Å²) < 4.78 is 5.26. The summed E-state index contributed by atoms with van der Waals surface area (Å²) in [5, 5.41) is 3.51. The fourth-order valence-corrected chi connectivity index (χ4v) is 2.81. The van der Waals surface area contributed by atoms with E-state index in [1.807, 2.05) is 7.11 Å². The zero-order valence-corrected chi connectivity index (χ0v) is 12.8. The van der Waals surface area contributed by atoms with Crippen molar-refractivity contribution in [3.8, 4) is 0 Å². The van der Waals surface area contributed by atoms with Crippen LogP contribution in [-0.4, -0.2) is 51.3 Å². The van der Waals surface area contributed by atoms with Gasteiger partial charge in [0.05, 0.1) is 0 Å². The van der Waals surface area contributed by atoms with Gasteiger partial charge in [-0.15, -0.1) is 0 Å². The van der Waals surface area contributed by atoms with E-state index in [2.05, 4.69) is 31.0 Å². The van der Waals surface area contributed by atoms with Crippen LogP contribution in [0, 0.1) is 11.3 Å². The molecule has 0 amide bonds. The predicted octanol–water partition coefficient (Wildman–Crippen LogP) is 2.37. The number of hydrogen-bond donors (Lipinski definition) is 1. The topological polar surface area (TPSA) is 24.5 Å². The average Bonchev–Trinajstić information content (AvgIpc) is 2.39. The lowest BCUT2D eigenvalue weighted by molar-refractivity contribution is 0.0759. The second-order valence-electron chi connectivity index (χ2n) is 6.12. The third-order valence-corrected chi connectivity index (χ3v) is 4.37. The van der Waals surface area contributed by atoms with Crippen LogP contribution in [0.25, 0.3) is 0 Å². The highest BCUT2D eigenvalue weighted by molar-refractivity contribution is 4.82. The van der Waals surface area contributed by atoms with Crippen LogP contribution >= 0.6 is 0 Å². The van der Waals surface area contributed by atoms with Crippen molar-refractivity contribution in [2.24, 2.45) is 11.3 Å². The van der Waals surface area contributed by atoms with E-state index >= 15 is 0 Å². The van der Waals surface area contributed by atoms with Crippen molar-refractivity contribution in [2.75, 3.05) is 46.4 Å². The molecule has 0 saturated carbocycles. The van der Waals surface area contributed by atoms with Gasteiger partial charge in [-0.1, -0.05) is 20.8 Å². The number of ether oxygens (including phenoxy) is 1. The van der Waals surface area contributed by atoms with E-state index in [9.17, 15) is 0 Å². The molecular weight excluding hydrogens is 224 g/mol. The minimum Gasteiger partial charge on any atom is -0.384 e. The first-order valence-corrected chi connectivity index (χ1v) is 7.55. The summed E-state index contributed by atoms with van der Waals surface area (Å²) in [5.41, 5.74) is 0.421. The van der Waals surface area contributed by atoms with Gasteiger partial charge in [-0.25, -0.2) is 0 Å². The molecule has 0 radical (unpaired) electrons. The maximum absolute atomic E-state index is 5.26. The van der Waals surface area contributed by atoms with Gasteiger partial charge in [0.25, 0.3) is 0 Å². The van der Waals surface area contributed by atoms with E-state index in [0.717, 1.165) is 25.6 Å². The number of nitrogens with one attached hydrogen (secondary N) is 1. The van der Waals surface area contributed by atoms with Gasteiger partial charge in [0.15, 0.2) is 0 Å². The van der Waals surface area contributed by atoms with Crippen molar-refractivity contribution >= 4 is 0 Å². The maximum Gasteiger partial charge on any atom is 0.0491 e. The lowest BCUT2D eigenvalue weighted by Crippen LogP contribution is -2.45. The number of nitrogens with zero attached hydrogens (tertiary/aromatic N) is 1. The van der Waals surface area contributed by atoms with Crippen LogP contribution < -0.4 is 5.32 Å². The zero-order chi connectivity index (χ0) is 13.4. The summed E-state index contributed by atoms with van der Waals surface area (Å²) in [6.07, 6.45) is 3.85. The third-order valence-electron chi connectivity index (χ3n) is 4.37. The average molecular weight is 256 g/mol. The molecule has 1 rings (SSSR count). The molecule has 1 unspecified atom stereocenters. The monoisotopic (exact) mass is 256 g/mol. The second kappa shape index (κ2) is 8.13. The van der Waals surface area contributed by atoms with Crippen molar-refractivity contribution in [1.29, 1.82) is 0 Å². The minimum absolute atomic E-state index is 0.421. The normalized spacial score (nSPS) is 22.0. The van der Waals surface area contributed by atoms with Crippen LogP contribution in [0.5, 0.6) is 0 Å². The van der Waals surface area contributed by atoms with Crippen LogP contribution in [0.3, 0.4) is 0 Å². The molecule has 1 N–H and O–H groups in total. The van der Waals surface area contributed by atoms with Crippen LogP contribution in [0.15, 0.2) is 0 Å². The number of rotatable bonds is 8. The van der Waals surface area contributed by atoms with E-state index in [-0.39, 0.29) is 0 Å².